The molecule has 0 bridgehead atoms. The number of H-pyrrole nitrogens is 1. The molecule has 1 aliphatic heterocycles. The third-order valence-electron chi connectivity index (χ3n) is 3.96. The minimum absolute atomic E-state index is 0.108. The van der Waals surface area contributed by atoms with Gasteiger partial charge >= 0.3 is 5.69 Å². The Balaban J connectivity index is 1.79. The molecule has 2 heterocycles. The quantitative estimate of drug-likeness (QED) is 0.904. The van der Waals surface area contributed by atoms with E-state index < -0.39 is 0 Å². The van der Waals surface area contributed by atoms with Crippen molar-refractivity contribution in [3.63, 3.8) is 0 Å². The highest BCUT2D eigenvalue weighted by Crippen LogP contribution is 2.25. The van der Waals surface area contributed by atoms with Crippen molar-refractivity contribution < 1.29 is 4.79 Å². The van der Waals surface area contributed by atoms with Gasteiger partial charge in [0.15, 0.2) is 0 Å². The van der Waals surface area contributed by atoms with E-state index in [9.17, 15) is 9.59 Å². The van der Waals surface area contributed by atoms with Crippen LogP contribution in [0.25, 0.3) is 5.69 Å². The molecule has 1 amide bonds. The van der Waals surface area contributed by atoms with Gasteiger partial charge in [-0.1, -0.05) is 18.2 Å². The summed E-state index contributed by atoms with van der Waals surface area (Å²) in [5.41, 5.74) is 0.538. The van der Waals surface area contributed by atoms with Gasteiger partial charge in [0.1, 0.15) is 5.82 Å². The number of carbonyl (C=O) groups is 1. The molecule has 0 radical (unpaired) electrons. The molecule has 0 atom stereocenters. The molecule has 0 unspecified atom stereocenters. The van der Waals surface area contributed by atoms with Gasteiger partial charge in [0.25, 0.3) is 0 Å². The van der Waals surface area contributed by atoms with Crippen molar-refractivity contribution in [1.82, 2.24) is 19.7 Å². The molecule has 1 N–H and O–H groups in total. The van der Waals surface area contributed by atoms with Crippen molar-refractivity contribution in [2.45, 2.75) is 25.7 Å². The molecule has 6 nitrogen and oxygen atoms in total. The number of carbonyl (C=O) groups excluding carboxylic acids is 1. The van der Waals surface area contributed by atoms with Gasteiger partial charge in [-0.05, 0) is 25.0 Å². The summed E-state index contributed by atoms with van der Waals surface area (Å²) in [6.07, 6.45) is 1.67. The van der Waals surface area contributed by atoms with Gasteiger partial charge in [0.05, 0.1) is 5.69 Å². The molecule has 110 valence electrons. The number of aromatic nitrogens is 3. The first-order valence-electron chi connectivity index (χ1n) is 7.15. The lowest BCUT2D eigenvalue weighted by Gasteiger charge is -2.29. The Morgan fingerprint density at radius 2 is 1.90 bits per heavy atom. The van der Waals surface area contributed by atoms with Gasteiger partial charge < -0.3 is 4.90 Å². The molecular formula is C15H18N4O2. The van der Waals surface area contributed by atoms with E-state index in [0.717, 1.165) is 31.6 Å². The normalized spacial score (nSPS) is 16.1. The first kappa shape index (κ1) is 13.6. The average Bonchev–Trinajstić information content (AvgIpc) is 2.90. The zero-order valence-corrected chi connectivity index (χ0v) is 12.0. The minimum Gasteiger partial charge on any atom is -0.343 e. The highest BCUT2D eigenvalue weighted by Gasteiger charge is 2.25. The second-order valence-corrected chi connectivity index (χ2v) is 5.34. The Hall–Kier alpha value is -2.37. The summed E-state index contributed by atoms with van der Waals surface area (Å²) in [6, 6.07) is 9.36. The predicted molar refractivity (Wildman–Crippen MR) is 78.4 cm³/mol. The fraction of sp³-hybridized carbons (Fsp3) is 0.400. The number of piperidine rings is 1. The van der Waals surface area contributed by atoms with E-state index in [1.807, 2.05) is 35.2 Å². The molecule has 1 fully saturated rings. The third kappa shape index (κ3) is 2.74. The molecule has 0 aliphatic carbocycles. The van der Waals surface area contributed by atoms with E-state index in [1.54, 1.807) is 6.92 Å². The Kier molecular flexibility index (Phi) is 3.60. The van der Waals surface area contributed by atoms with Crippen molar-refractivity contribution in [3.8, 4) is 5.69 Å². The minimum atomic E-state index is -0.217. The number of hydrogen-bond donors (Lipinski definition) is 1. The van der Waals surface area contributed by atoms with Crippen LogP contribution < -0.4 is 5.69 Å². The molecule has 0 saturated carbocycles. The molecule has 1 aromatic heterocycles. The zero-order valence-electron chi connectivity index (χ0n) is 12.0. The van der Waals surface area contributed by atoms with Crippen molar-refractivity contribution in [1.29, 1.82) is 0 Å². The fourth-order valence-electron chi connectivity index (χ4n) is 2.74. The monoisotopic (exact) mass is 286 g/mol. The number of nitrogens with zero attached hydrogens (tertiary/aromatic N) is 3. The third-order valence-corrected chi connectivity index (χ3v) is 3.96. The molecule has 1 aromatic carbocycles. The van der Waals surface area contributed by atoms with Crippen LogP contribution in [-0.4, -0.2) is 38.7 Å². The van der Waals surface area contributed by atoms with Gasteiger partial charge in [0.2, 0.25) is 5.91 Å². The van der Waals surface area contributed by atoms with Gasteiger partial charge in [0, 0.05) is 25.9 Å². The number of rotatable bonds is 2. The van der Waals surface area contributed by atoms with Crippen molar-refractivity contribution >= 4 is 5.91 Å². The maximum atomic E-state index is 12.0. The van der Waals surface area contributed by atoms with E-state index in [-0.39, 0.29) is 17.5 Å². The first-order chi connectivity index (χ1) is 10.1. The van der Waals surface area contributed by atoms with E-state index in [2.05, 4.69) is 10.1 Å². The lowest BCUT2D eigenvalue weighted by atomic mass is 9.96. The molecule has 0 spiro atoms. The molecular weight excluding hydrogens is 268 g/mol. The lowest BCUT2D eigenvalue weighted by molar-refractivity contribution is -0.129. The van der Waals surface area contributed by atoms with E-state index in [1.165, 1.54) is 4.68 Å². The van der Waals surface area contributed by atoms with Crippen LogP contribution in [-0.2, 0) is 4.79 Å². The summed E-state index contributed by atoms with van der Waals surface area (Å²) in [5, 5.41) is 4.42. The van der Waals surface area contributed by atoms with Crippen molar-refractivity contribution in [2.24, 2.45) is 0 Å². The fourth-order valence-corrected chi connectivity index (χ4v) is 2.74. The summed E-state index contributed by atoms with van der Waals surface area (Å²) in [7, 11) is 0. The predicted octanol–water partition coefficient (Wildman–Crippen LogP) is 1.29. The number of aromatic amines is 1. The summed E-state index contributed by atoms with van der Waals surface area (Å²) in [5.74, 6) is 1.03. The van der Waals surface area contributed by atoms with E-state index in [0.29, 0.717) is 5.82 Å². The lowest BCUT2D eigenvalue weighted by Crippen LogP contribution is -2.36. The standard InChI is InChI=1S/C15H18N4O2/c1-11(20)18-9-7-12(8-10-18)14-16-15(21)19(17-14)13-5-3-2-4-6-13/h2-6,12H,7-10H2,1H3,(H,16,17,21). The highest BCUT2D eigenvalue weighted by molar-refractivity contribution is 5.73. The zero-order chi connectivity index (χ0) is 14.8. The summed E-state index contributed by atoms with van der Waals surface area (Å²) in [4.78, 5) is 28.1. The van der Waals surface area contributed by atoms with Crippen molar-refractivity contribution in [3.05, 3.63) is 46.6 Å². The van der Waals surface area contributed by atoms with Gasteiger partial charge in [-0.3, -0.25) is 9.78 Å². The van der Waals surface area contributed by atoms with Crippen LogP contribution in [0.1, 0.15) is 31.5 Å². The SMILES string of the molecule is CC(=O)N1CCC(c2nn(-c3ccccc3)c(=O)[nH]2)CC1. The van der Waals surface area contributed by atoms with Crippen LogP contribution in [0.5, 0.6) is 0 Å². The Morgan fingerprint density at radius 3 is 2.52 bits per heavy atom. The van der Waals surface area contributed by atoms with Gasteiger partial charge in [-0.25, -0.2) is 4.79 Å². The molecule has 3 rings (SSSR count). The summed E-state index contributed by atoms with van der Waals surface area (Å²) < 4.78 is 1.40. The molecule has 21 heavy (non-hydrogen) atoms. The smallest absolute Gasteiger partial charge is 0.343 e. The number of para-hydroxylation sites is 1. The highest BCUT2D eigenvalue weighted by atomic mass is 16.2. The van der Waals surface area contributed by atoms with Crippen LogP contribution in [0.3, 0.4) is 0 Å². The second kappa shape index (κ2) is 5.55. The number of amides is 1. The van der Waals surface area contributed by atoms with Gasteiger partial charge in [-0.2, -0.15) is 4.68 Å². The Morgan fingerprint density at radius 1 is 1.24 bits per heavy atom. The van der Waals surface area contributed by atoms with Crippen LogP contribution >= 0.6 is 0 Å². The Bertz CT molecular complexity index is 681. The molecule has 6 heteroatoms. The number of hydrogen-bond acceptors (Lipinski definition) is 3. The maximum absolute atomic E-state index is 12.0. The molecule has 1 aliphatic rings. The van der Waals surface area contributed by atoms with Crippen LogP contribution in [0, 0.1) is 0 Å². The van der Waals surface area contributed by atoms with Crippen LogP contribution in [0.4, 0.5) is 0 Å². The van der Waals surface area contributed by atoms with Crippen LogP contribution in [0.15, 0.2) is 35.1 Å². The second-order valence-electron chi connectivity index (χ2n) is 5.34. The first-order valence-corrected chi connectivity index (χ1v) is 7.15. The topological polar surface area (TPSA) is 71.0 Å². The molecule has 2 aromatic rings. The largest absolute Gasteiger partial charge is 0.348 e. The molecule has 1 saturated heterocycles. The van der Waals surface area contributed by atoms with Crippen LogP contribution in [0.2, 0.25) is 0 Å². The van der Waals surface area contributed by atoms with E-state index in [4.69, 9.17) is 0 Å². The van der Waals surface area contributed by atoms with Crippen molar-refractivity contribution in [2.75, 3.05) is 13.1 Å². The Labute approximate surface area is 122 Å². The number of nitrogens with one attached hydrogen (secondary N) is 1. The maximum Gasteiger partial charge on any atom is 0.348 e. The number of benzene rings is 1. The number of likely N-dealkylation sites (tertiary alicyclic amines) is 1. The summed E-state index contributed by atoms with van der Waals surface area (Å²) >= 11 is 0. The average molecular weight is 286 g/mol. The summed E-state index contributed by atoms with van der Waals surface area (Å²) in [6.45, 7) is 3.03. The van der Waals surface area contributed by atoms with E-state index >= 15 is 0 Å². The van der Waals surface area contributed by atoms with Gasteiger partial charge in [-0.15, -0.1) is 5.10 Å².